The normalized spacial score (nSPS) is 19.9. The zero-order valence-electron chi connectivity index (χ0n) is 15.3. The molecule has 0 aromatic rings. The van der Waals surface area contributed by atoms with Crippen LogP contribution in [0.4, 0.5) is 4.79 Å². The first-order valence-electron chi connectivity index (χ1n) is 7.73. The summed E-state index contributed by atoms with van der Waals surface area (Å²) in [5, 5.41) is 0.0628. The first-order valence-corrected chi connectivity index (χ1v) is 11.4. The maximum atomic E-state index is 12.3. The molecule has 0 aromatic heterocycles. The van der Waals surface area contributed by atoms with Crippen LogP contribution in [0.15, 0.2) is 10.6 Å². The Balaban J connectivity index is 2.87. The Morgan fingerprint density at radius 3 is 2.22 bits per heavy atom. The number of hydrogen-bond acceptors (Lipinski definition) is 4. The van der Waals surface area contributed by atoms with Crippen LogP contribution in [0, 0.1) is 0 Å². The van der Waals surface area contributed by atoms with Gasteiger partial charge in [-0.3, -0.25) is 4.79 Å². The molecule has 23 heavy (non-hydrogen) atoms. The minimum Gasteiger partial charge on any atom is -0.443 e. The molecule has 1 aliphatic heterocycles. The van der Waals surface area contributed by atoms with Crippen LogP contribution in [-0.4, -0.2) is 43.5 Å². The van der Waals surface area contributed by atoms with Crippen molar-refractivity contribution in [1.29, 1.82) is 0 Å². The molecule has 0 unspecified atom stereocenters. The van der Waals surface area contributed by atoms with Crippen molar-refractivity contribution in [2.75, 3.05) is 6.61 Å². The third kappa shape index (κ3) is 5.16. The summed E-state index contributed by atoms with van der Waals surface area (Å²) in [5.74, 6) is -0.386. The second kappa shape index (κ2) is 6.68. The van der Waals surface area contributed by atoms with E-state index < -0.39 is 26.1 Å². The number of rotatable bonds is 3. The summed E-state index contributed by atoms with van der Waals surface area (Å²) in [4.78, 5) is 25.7. The molecule has 7 heteroatoms. The van der Waals surface area contributed by atoms with Crippen molar-refractivity contribution in [2.24, 2.45) is 0 Å². The molecular formula is C16H28BrNO4Si. The van der Waals surface area contributed by atoms with Crippen LogP contribution in [0.1, 0.15) is 41.5 Å². The van der Waals surface area contributed by atoms with Gasteiger partial charge in [0, 0.05) is 0 Å². The van der Waals surface area contributed by atoms with Gasteiger partial charge in [0.05, 0.1) is 17.1 Å². The van der Waals surface area contributed by atoms with Gasteiger partial charge in [-0.05, 0) is 60.9 Å². The van der Waals surface area contributed by atoms with Crippen molar-refractivity contribution in [3.05, 3.63) is 10.6 Å². The van der Waals surface area contributed by atoms with E-state index >= 15 is 0 Å². The Labute approximate surface area is 148 Å². The van der Waals surface area contributed by atoms with E-state index in [1.54, 1.807) is 26.8 Å². The van der Waals surface area contributed by atoms with E-state index in [4.69, 9.17) is 9.16 Å². The molecule has 1 heterocycles. The summed E-state index contributed by atoms with van der Waals surface area (Å²) in [6.45, 7) is 16.3. The average molecular weight is 406 g/mol. The molecule has 2 amide bonds. The van der Waals surface area contributed by atoms with E-state index in [9.17, 15) is 9.59 Å². The number of ether oxygens (including phenoxy) is 1. The van der Waals surface area contributed by atoms with E-state index in [1.165, 1.54) is 0 Å². The third-order valence-electron chi connectivity index (χ3n) is 4.10. The topological polar surface area (TPSA) is 55.8 Å². The largest absolute Gasteiger partial charge is 0.443 e. The van der Waals surface area contributed by atoms with Gasteiger partial charge in [-0.25, -0.2) is 9.69 Å². The Bertz CT molecular complexity index is 517. The van der Waals surface area contributed by atoms with Gasteiger partial charge in [-0.2, -0.15) is 0 Å². The average Bonchev–Trinajstić information content (AvgIpc) is 2.59. The molecule has 0 saturated heterocycles. The molecule has 0 radical (unpaired) electrons. The molecule has 0 saturated carbocycles. The fraction of sp³-hybridized carbons (Fsp3) is 0.750. The van der Waals surface area contributed by atoms with Crippen molar-refractivity contribution in [3.8, 4) is 0 Å². The van der Waals surface area contributed by atoms with Gasteiger partial charge < -0.3 is 9.16 Å². The van der Waals surface area contributed by atoms with Crippen molar-refractivity contribution in [3.63, 3.8) is 0 Å². The van der Waals surface area contributed by atoms with Gasteiger partial charge in [0.1, 0.15) is 5.60 Å². The first kappa shape index (κ1) is 20.4. The van der Waals surface area contributed by atoms with Crippen LogP contribution >= 0.6 is 15.9 Å². The van der Waals surface area contributed by atoms with Crippen LogP contribution in [0.5, 0.6) is 0 Å². The molecule has 1 aliphatic rings. The van der Waals surface area contributed by atoms with Gasteiger partial charge in [0.15, 0.2) is 8.32 Å². The second-order valence-electron chi connectivity index (χ2n) is 8.31. The van der Waals surface area contributed by atoms with Crippen molar-refractivity contribution >= 4 is 36.2 Å². The fourth-order valence-corrected chi connectivity index (χ4v) is 3.26. The van der Waals surface area contributed by atoms with Crippen molar-refractivity contribution < 1.29 is 18.8 Å². The fourth-order valence-electron chi connectivity index (χ4n) is 1.74. The number of imide groups is 1. The zero-order valence-corrected chi connectivity index (χ0v) is 17.9. The highest BCUT2D eigenvalue weighted by atomic mass is 79.9. The van der Waals surface area contributed by atoms with Gasteiger partial charge in [-0.1, -0.05) is 20.8 Å². The summed E-state index contributed by atoms with van der Waals surface area (Å²) in [7, 11) is -1.96. The lowest BCUT2D eigenvalue weighted by Crippen LogP contribution is -2.48. The minimum atomic E-state index is -1.96. The third-order valence-corrected chi connectivity index (χ3v) is 9.21. The van der Waals surface area contributed by atoms with Gasteiger partial charge in [0.2, 0.25) is 0 Å². The SMILES string of the molecule is CC(C)(C)OC(=O)N1C(=O)C(Br)=C[C@@H]1CO[Si](C)(C)C(C)(C)C. The van der Waals surface area contributed by atoms with Crippen LogP contribution in [0.25, 0.3) is 0 Å². The summed E-state index contributed by atoms with van der Waals surface area (Å²) in [6, 6.07) is -0.444. The molecule has 0 bridgehead atoms. The maximum Gasteiger partial charge on any atom is 0.417 e. The summed E-state index contributed by atoms with van der Waals surface area (Å²) >= 11 is 3.21. The van der Waals surface area contributed by atoms with E-state index in [0.717, 1.165) is 4.90 Å². The number of carbonyl (C=O) groups is 2. The lowest BCUT2D eigenvalue weighted by molar-refractivity contribution is -0.126. The van der Waals surface area contributed by atoms with Crippen molar-refractivity contribution in [1.82, 2.24) is 4.90 Å². The summed E-state index contributed by atoms with van der Waals surface area (Å²) < 4.78 is 11.9. The summed E-state index contributed by atoms with van der Waals surface area (Å²) in [5.41, 5.74) is -0.655. The highest BCUT2D eigenvalue weighted by Gasteiger charge is 2.42. The van der Waals surface area contributed by atoms with Crippen molar-refractivity contribution in [2.45, 2.75) is 71.3 Å². The standard InChI is InChI=1S/C16H28BrNO4Si/c1-15(2,3)22-14(20)18-11(9-12(17)13(18)19)10-21-23(7,8)16(4,5)6/h9,11H,10H2,1-8H3/t11-/m1/s1. The Morgan fingerprint density at radius 2 is 1.78 bits per heavy atom. The first-order chi connectivity index (χ1) is 10.2. The molecule has 1 atom stereocenters. The van der Waals surface area contributed by atoms with Gasteiger partial charge in [0.25, 0.3) is 5.91 Å². The Morgan fingerprint density at radius 1 is 1.26 bits per heavy atom. The molecule has 0 spiro atoms. The van der Waals surface area contributed by atoms with E-state index in [2.05, 4.69) is 49.8 Å². The molecule has 0 aliphatic carbocycles. The van der Waals surface area contributed by atoms with Crippen LogP contribution < -0.4 is 0 Å². The molecule has 0 fully saturated rings. The number of halogens is 1. The molecule has 1 rings (SSSR count). The van der Waals surface area contributed by atoms with Gasteiger partial charge >= 0.3 is 6.09 Å². The lowest BCUT2D eigenvalue weighted by Gasteiger charge is -2.37. The Hall–Kier alpha value is -0.663. The quantitative estimate of drug-likeness (QED) is 0.651. The van der Waals surface area contributed by atoms with E-state index in [0.29, 0.717) is 4.48 Å². The maximum absolute atomic E-state index is 12.3. The smallest absolute Gasteiger partial charge is 0.417 e. The zero-order chi connectivity index (χ0) is 18.2. The number of carbonyl (C=O) groups excluding carboxylic acids is 2. The molecule has 132 valence electrons. The Kier molecular flexibility index (Phi) is 5.92. The van der Waals surface area contributed by atoms with Crippen LogP contribution in [0.2, 0.25) is 18.1 Å². The van der Waals surface area contributed by atoms with Gasteiger partial charge in [-0.15, -0.1) is 0 Å². The van der Waals surface area contributed by atoms with Crippen LogP contribution in [-0.2, 0) is 14.0 Å². The number of hydrogen-bond donors (Lipinski definition) is 0. The molecule has 0 N–H and O–H groups in total. The predicted molar refractivity (Wildman–Crippen MR) is 97.0 cm³/mol. The summed E-state index contributed by atoms with van der Waals surface area (Å²) in [6.07, 6.45) is 1.07. The predicted octanol–water partition coefficient (Wildman–Crippen LogP) is 4.43. The highest BCUT2D eigenvalue weighted by molar-refractivity contribution is 9.12. The number of amides is 2. The molecule has 0 aromatic carbocycles. The molecular weight excluding hydrogens is 378 g/mol. The second-order valence-corrected chi connectivity index (χ2v) is 14.0. The monoisotopic (exact) mass is 405 g/mol. The minimum absolute atomic E-state index is 0.0628. The molecule has 5 nitrogen and oxygen atoms in total. The van der Waals surface area contributed by atoms with E-state index in [1.807, 2.05) is 0 Å². The lowest BCUT2D eigenvalue weighted by atomic mass is 10.2. The van der Waals surface area contributed by atoms with Crippen LogP contribution in [0.3, 0.4) is 0 Å². The number of nitrogens with zero attached hydrogens (tertiary/aromatic N) is 1. The highest BCUT2D eigenvalue weighted by Crippen LogP contribution is 2.37. The van der Waals surface area contributed by atoms with E-state index in [-0.39, 0.29) is 17.6 Å².